The molecule has 2 atom stereocenters. The third kappa shape index (κ3) is 3.10. The molecule has 2 rings (SSSR count). The molecule has 14 heavy (non-hydrogen) atoms. The van der Waals surface area contributed by atoms with Crippen molar-refractivity contribution in [1.29, 1.82) is 0 Å². The first kappa shape index (κ1) is 10.2. The van der Waals surface area contributed by atoms with Gasteiger partial charge in [0.05, 0.1) is 6.10 Å². The molecule has 2 heteroatoms. The van der Waals surface area contributed by atoms with Crippen molar-refractivity contribution in [3.8, 4) is 0 Å². The minimum Gasteiger partial charge on any atom is -0.377 e. The van der Waals surface area contributed by atoms with Gasteiger partial charge in [-0.1, -0.05) is 12.2 Å². The summed E-state index contributed by atoms with van der Waals surface area (Å²) in [6, 6.07) is 0. The average Bonchev–Trinajstić information content (AvgIpc) is 2.72. The number of nitrogens with one attached hydrogen (secondary N) is 1. The summed E-state index contributed by atoms with van der Waals surface area (Å²) in [5.41, 5.74) is 0. The third-order valence-corrected chi connectivity index (χ3v) is 3.21. The van der Waals surface area contributed by atoms with Crippen molar-refractivity contribution in [3.05, 3.63) is 12.2 Å². The van der Waals surface area contributed by atoms with Crippen LogP contribution in [-0.2, 0) is 4.74 Å². The lowest BCUT2D eigenvalue weighted by Crippen LogP contribution is -2.30. The maximum atomic E-state index is 5.57. The lowest BCUT2D eigenvalue weighted by Gasteiger charge is -2.19. The smallest absolute Gasteiger partial charge is 0.0700 e. The Hall–Kier alpha value is -0.340. The van der Waals surface area contributed by atoms with Crippen LogP contribution in [0.25, 0.3) is 0 Å². The zero-order valence-electron chi connectivity index (χ0n) is 8.87. The highest BCUT2D eigenvalue weighted by Crippen LogP contribution is 2.17. The van der Waals surface area contributed by atoms with Crippen molar-refractivity contribution in [2.45, 2.75) is 38.2 Å². The molecule has 1 heterocycles. The Labute approximate surface area is 86.7 Å². The van der Waals surface area contributed by atoms with Crippen LogP contribution in [0, 0.1) is 5.92 Å². The topological polar surface area (TPSA) is 21.3 Å². The molecule has 80 valence electrons. The third-order valence-electron chi connectivity index (χ3n) is 3.21. The molecular weight excluding hydrogens is 174 g/mol. The molecule has 0 spiro atoms. The minimum atomic E-state index is 0.495. The van der Waals surface area contributed by atoms with Crippen LogP contribution in [0.4, 0.5) is 0 Å². The quantitative estimate of drug-likeness (QED) is 0.694. The highest BCUT2D eigenvalue weighted by atomic mass is 16.5. The highest BCUT2D eigenvalue weighted by molar-refractivity contribution is 4.90. The van der Waals surface area contributed by atoms with Crippen LogP contribution in [0.5, 0.6) is 0 Å². The van der Waals surface area contributed by atoms with Crippen LogP contribution in [0.3, 0.4) is 0 Å². The zero-order valence-corrected chi connectivity index (χ0v) is 8.87. The Morgan fingerprint density at radius 1 is 1.21 bits per heavy atom. The van der Waals surface area contributed by atoms with E-state index >= 15 is 0 Å². The van der Waals surface area contributed by atoms with Crippen LogP contribution in [-0.4, -0.2) is 25.8 Å². The van der Waals surface area contributed by atoms with Crippen molar-refractivity contribution < 1.29 is 4.74 Å². The normalized spacial score (nSPS) is 32.3. The molecule has 1 aliphatic carbocycles. The van der Waals surface area contributed by atoms with Gasteiger partial charge in [-0.05, 0) is 44.6 Å². The summed E-state index contributed by atoms with van der Waals surface area (Å²) in [5, 5.41) is 3.54. The number of hydrogen-bond donors (Lipinski definition) is 1. The summed E-state index contributed by atoms with van der Waals surface area (Å²) in [6.45, 7) is 3.20. The molecule has 1 fully saturated rings. The summed E-state index contributed by atoms with van der Waals surface area (Å²) in [4.78, 5) is 0. The Morgan fingerprint density at radius 3 is 2.93 bits per heavy atom. The van der Waals surface area contributed by atoms with Crippen LogP contribution < -0.4 is 5.32 Å². The van der Waals surface area contributed by atoms with Crippen molar-refractivity contribution in [2.24, 2.45) is 5.92 Å². The maximum Gasteiger partial charge on any atom is 0.0700 e. The van der Waals surface area contributed by atoms with Crippen molar-refractivity contribution >= 4 is 0 Å². The predicted molar refractivity (Wildman–Crippen MR) is 58.3 cm³/mol. The van der Waals surface area contributed by atoms with E-state index in [0.29, 0.717) is 6.10 Å². The van der Waals surface area contributed by atoms with Gasteiger partial charge >= 0.3 is 0 Å². The highest BCUT2D eigenvalue weighted by Gasteiger charge is 2.15. The van der Waals surface area contributed by atoms with E-state index in [1.165, 1.54) is 38.6 Å². The summed E-state index contributed by atoms with van der Waals surface area (Å²) < 4.78 is 5.57. The maximum absolute atomic E-state index is 5.57. The molecular formula is C12H21NO. The Kier molecular flexibility index (Phi) is 4.02. The Balaban J connectivity index is 1.55. The fourth-order valence-corrected chi connectivity index (χ4v) is 2.30. The van der Waals surface area contributed by atoms with E-state index in [2.05, 4.69) is 17.5 Å². The fraction of sp³-hybridized carbons (Fsp3) is 0.833. The van der Waals surface area contributed by atoms with E-state index in [-0.39, 0.29) is 0 Å². The molecule has 1 saturated heterocycles. The van der Waals surface area contributed by atoms with E-state index in [1.54, 1.807) is 0 Å². The minimum absolute atomic E-state index is 0.495. The van der Waals surface area contributed by atoms with Gasteiger partial charge < -0.3 is 10.1 Å². The van der Waals surface area contributed by atoms with Gasteiger partial charge in [0.15, 0.2) is 0 Å². The molecule has 2 nitrogen and oxygen atoms in total. The monoisotopic (exact) mass is 195 g/mol. The van der Waals surface area contributed by atoms with Crippen LogP contribution in [0.1, 0.15) is 32.1 Å². The molecule has 0 bridgehead atoms. The molecule has 0 radical (unpaired) electrons. The van der Waals surface area contributed by atoms with Crippen LogP contribution in [0.15, 0.2) is 12.2 Å². The largest absolute Gasteiger partial charge is 0.377 e. The molecule has 0 saturated carbocycles. The van der Waals surface area contributed by atoms with Gasteiger partial charge in [-0.25, -0.2) is 0 Å². The lowest BCUT2D eigenvalue weighted by atomic mass is 9.94. The van der Waals surface area contributed by atoms with Gasteiger partial charge in [0, 0.05) is 13.2 Å². The van der Waals surface area contributed by atoms with E-state index in [4.69, 9.17) is 4.74 Å². The number of ether oxygens (including phenoxy) is 1. The second kappa shape index (κ2) is 5.52. The van der Waals surface area contributed by atoms with Crippen LogP contribution >= 0.6 is 0 Å². The van der Waals surface area contributed by atoms with Crippen molar-refractivity contribution in [1.82, 2.24) is 5.32 Å². The molecule has 0 aromatic rings. The first-order valence-corrected chi connectivity index (χ1v) is 5.92. The Bertz CT molecular complexity index is 185. The summed E-state index contributed by atoms with van der Waals surface area (Å²) >= 11 is 0. The van der Waals surface area contributed by atoms with E-state index < -0.39 is 0 Å². The second-order valence-corrected chi connectivity index (χ2v) is 4.44. The fourth-order valence-electron chi connectivity index (χ4n) is 2.30. The summed E-state index contributed by atoms with van der Waals surface area (Å²) in [5.74, 6) is 0.862. The first-order valence-electron chi connectivity index (χ1n) is 5.92. The van der Waals surface area contributed by atoms with Crippen molar-refractivity contribution in [2.75, 3.05) is 19.7 Å². The Morgan fingerprint density at radius 2 is 2.21 bits per heavy atom. The molecule has 1 N–H and O–H groups in total. The average molecular weight is 195 g/mol. The number of hydrogen-bond acceptors (Lipinski definition) is 2. The SMILES string of the molecule is C1=CC[C@H](CNC[C@@H]2CCCO2)CC1. The number of rotatable bonds is 4. The summed E-state index contributed by atoms with van der Waals surface area (Å²) in [6.07, 6.45) is 11.5. The standard InChI is InChI=1S/C12H21NO/c1-2-5-11(6-3-1)9-13-10-12-7-4-8-14-12/h1-2,11-13H,3-10H2/t11-,12-/m0/s1. The van der Waals surface area contributed by atoms with Crippen molar-refractivity contribution in [3.63, 3.8) is 0 Å². The van der Waals surface area contributed by atoms with Gasteiger partial charge in [-0.2, -0.15) is 0 Å². The molecule has 1 aliphatic heterocycles. The van der Waals surface area contributed by atoms with E-state index in [1.807, 2.05) is 0 Å². The lowest BCUT2D eigenvalue weighted by molar-refractivity contribution is 0.109. The van der Waals surface area contributed by atoms with Gasteiger partial charge in [0.2, 0.25) is 0 Å². The molecule has 0 amide bonds. The van der Waals surface area contributed by atoms with Gasteiger partial charge in [-0.3, -0.25) is 0 Å². The summed E-state index contributed by atoms with van der Waals surface area (Å²) in [7, 11) is 0. The van der Waals surface area contributed by atoms with Gasteiger partial charge in [0.1, 0.15) is 0 Å². The first-order chi connectivity index (χ1) is 6.95. The zero-order chi connectivity index (χ0) is 9.64. The molecule has 0 unspecified atom stereocenters. The molecule has 0 aromatic carbocycles. The number of allylic oxidation sites excluding steroid dienone is 2. The van der Waals surface area contributed by atoms with Gasteiger partial charge in [-0.15, -0.1) is 0 Å². The van der Waals surface area contributed by atoms with E-state index in [0.717, 1.165) is 19.1 Å². The molecule has 2 aliphatic rings. The van der Waals surface area contributed by atoms with Gasteiger partial charge in [0.25, 0.3) is 0 Å². The predicted octanol–water partition coefficient (Wildman–Crippen LogP) is 2.11. The molecule has 0 aromatic heterocycles. The van der Waals surface area contributed by atoms with Crippen LogP contribution in [0.2, 0.25) is 0 Å². The van der Waals surface area contributed by atoms with E-state index in [9.17, 15) is 0 Å². The second-order valence-electron chi connectivity index (χ2n) is 4.44.